The Labute approximate surface area is 172 Å². The molecular weight excluding hydrogens is 422 g/mol. The summed E-state index contributed by atoms with van der Waals surface area (Å²) in [7, 11) is -3.27. The smallest absolute Gasteiger partial charge is 0.182 e. The van der Waals surface area contributed by atoms with Crippen LogP contribution >= 0.6 is 15.9 Å². The van der Waals surface area contributed by atoms with Gasteiger partial charge in [0.1, 0.15) is 0 Å². The third kappa shape index (κ3) is 7.05. The number of nitrogens with one attached hydrogen (secondary N) is 1. The number of halogens is 1. The van der Waals surface area contributed by atoms with Crippen LogP contribution in [0, 0.1) is 0 Å². The normalized spacial score (nSPS) is 13.0. The molecule has 0 aliphatic heterocycles. The molecule has 0 atom stereocenters. The number of benzene rings is 2. The molecule has 3 rings (SSSR count). The molecule has 0 spiro atoms. The minimum absolute atomic E-state index is 0.0713. The first-order valence-corrected chi connectivity index (χ1v) is 12.2. The van der Waals surface area contributed by atoms with E-state index >= 15 is 0 Å². The van der Waals surface area contributed by atoms with Gasteiger partial charge in [-0.25, -0.2) is 8.42 Å². The summed E-state index contributed by atoms with van der Waals surface area (Å²) in [6, 6.07) is 12.9. The molecule has 27 heavy (non-hydrogen) atoms. The summed E-state index contributed by atoms with van der Waals surface area (Å²) in [5.41, 5.74) is 3.57. The van der Waals surface area contributed by atoms with Gasteiger partial charge in [-0.1, -0.05) is 48.0 Å². The lowest BCUT2D eigenvalue weighted by Gasteiger charge is -2.07. The van der Waals surface area contributed by atoms with E-state index in [1.54, 1.807) is 24.3 Å². The molecule has 1 aliphatic rings. The van der Waals surface area contributed by atoms with Crippen molar-refractivity contribution in [2.24, 2.45) is 0 Å². The summed E-state index contributed by atoms with van der Waals surface area (Å²) < 4.78 is 25.7. The Hall–Kier alpha value is -1.17. The van der Waals surface area contributed by atoms with E-state index < -0.39 is 9.84 Å². The number of hydrogen-bond donors (Lipinski definition) is 1. The fourth-order valence-corrected chi connectivity index (χ4v) is 4.74. The summed E-state index contributed by atoms with van der Waals surface area (Å²) in [4.78, 5) is 0.376. The molecule has 0 fully saturated rings. The molecule has 3 nitrogen and oxygen atoms in total. The van der Waals surface area contributed by atoms with Crippen LogP contribution < -0.4 is 5.32 Å². The minimum atomic E-state index is -3.27. The lowest BCUT2D eigenvalue weighted by molar-refractivity contribution is 0.595. The van der Waals surface area contributed by atoms with Gasteiger partial charge < -0.3 is 5.32 Å². The van der Waals surface area contributed by atoms with Crippen LogP contribution in [-0.4, -0.2) is 21.5 Å². The van der Waals surface area contributed by atoms with Crippen LogP contribution in [0.25, 0.3) is 0 Å². The second-order valence-electron chi connectivity index (χ2n) is 6.92. The van der Waals surface area contributed by atoms with Gasteiger partial charge in [0.15, 0.2) is 9.84 Å². The maximum absolute atomic E-state index is 12.4. The highest BCUT2D eigenvalue weighted by Crippen LogP contribution is 2.25. The molecular formula is C22H30BrNO2S. The quantitative estimate of drug-likeness (QED) is 0.580. The van der Waals surface area contributed by atoms with E-state index in [1.165, 1.54) is 43.5 Å². The molecule has 0 bridgehead atoms. The topological polar surface area (TPSA) is 46.2 Å². The Morgan fingerprint density at radius 2 is 1.56 bits per heavy atom. The molecule has 0 aromatic heterocycles. The van der Waals surface area contributed by atoms with Crippen molar-refractivity contribution >= 4 is 25.8 Å². The van der Waals surface area contributed by atoms with Crippen LogP contribution in [0.1, 0.15) is 49.8 Å². The van der Waals surface area contributed by atoms with Crippen LogP contribution in [0.2, 0.25) is 0 Å². The fraction of sp³-hybridized carbons (Fsp3) is 0.455. The van der Waals surface area contributed by atoms with E-state index in [1.807, 2.05) is 6.07 Å². The SMILES string of the molecule is CCCNCCC.O=S(=O)(Cc1ccc2c(c1)CCC2)c1ccc(Br)cc1. The number of sulfone groups is 1. The van der Waals surface area contributed by atoms with Crippen LogP contribution in [0.4, 0.5) is 0 Å². The van der Waals surface area contributed by atoms with Crippen molar-refractivity contribution in [3.63, 3.8) is 0 Å². The molecule has 1 N–H and O–H groups in total. The summed E-state index contributed by atoms with van der Waals surface area (Å²) in [5.74, 6) is 0.0713. The molecule has 2 aromatic carbocycles. The zero-order valence-corrected chi connectivity index (χ0v) is 18.7. The van der Waals surface area contributed by atoms with E-state index in [4.69, 9.17) is 0 Å². The van der Waals surface area contributed by atoms with E-state index in [0.29, 0.717) is 4.90 Å². The monoisotopic (exact) mass is 451 g/mol. The van der Waals surface area contributed by atoms with E-state index in [2.05, 4.69) is 47.2 Å². The molecule has 0 unspecified atom stereocenters. The Bertz CT molecular complexity index is 813. The van der Waals surface area contributed by atoms with Crippen molar-refractivity contribution in [2.75, 3.05) is 13.1 Å². The van der Waals surface area contributed by atoms with Crippen LogP contribution in [0.15, 0.2) is 51.8 Å². The molecule has 148 valence electrons. The number of hydrogen-bond acceptors (Lipinski definition) is 3. The zero-order chi connectivity index (χ0) is 19.7. The summed E-state index contributed by atoms with van der Waals surface area (Å²) in [5, 5.41) is 3.28. The second kappa shape index (κ2) is 11.0. The van der Waals surface area contributed by atoms with Crippen molar-refractivity contribution < 1.29 is 8.42 Å². The van der Waals surface area contributed by atoms with Crippen molar-refractivity contribution in [2.45, 2.75) is 56.6 Å². The second-order valence-corrected chi connectivity index (χ2v) is 9.82. The number of fused-ring (bicyclic) bond motifs is 1. The molecule has 5 heteroatoms. The zero-order valence-electron chi connectivity index (χ0n) is 16.3. The van der Waals surface area contributed by atoms with Crippen molar-refractivity contribution in [1.82, 2.24) is 5.32 Å². The van der Waals surface area contributed by atoms with Gasteiger partial charge in [0.05, 0.1) is 10.6 Å². The maximum Gasteiger partial charge on any atom is 0.182 e. The summed E-state index contributed by atoms with van der Waals surface area (Å²) >= 11 is 3.32. The average Bonchev–Trinajstić information content (AvgIpc) is 3.10. The van der Waals surface area contributed by atoms with Crippen molar-refractivity contribution in [1.29, 1.82) is 0 Å². The Kier molecular flexibility index (Phi) is 9.00. The number of rotatable bonds is 7. The standard InChI is InChI=1S/C16H15BrO2S.C6H15N/c17-15-6-8-16(9-7-15)20(18,19)11-12-4-5-13-2-1-3-14(13)10-12;1-3-5-7-6-4-2/h4-10H,1-3,11H2;7H,3-6H2,1-2H3. The molecule has 2 aromatic rings. The predicted octanol–water partition coefficient (Wildman–Crippen LogP) is 5.31. The van der Waals surface area contributed by atoms with Crippen molar-refractivity contribution in [3.05, 3.63) is 63.6 Å². The van der Waals surface area contributed by atoms with Gasteiger partial charge in [-0.05, 0) is 86.1 Å². The van der Waals surface area contributed by atoms with E-state index in [9.17, 15) is 8.42 Å². The third-order valence-electron chi connectivity index (χ3n) is 4.55. The van der Waals surface area contributed by atoms with Crippen LogP contribution in [-0.2, 0) is 28.4 Å². The third-order valence-corrected chi connectivity index (χ3v) is 6.78. The van der Waals surface area contributed by atoms with Crippen LogP contribution in [0.3, 0.4) is 0 Å². The van der Waals surface area contributed by atoms with Crippen LogP contribution in [0.5, 0.6) is 0 Å². The molecule has 0 radical (unpaired) electrons. The van der Waals surface area contributed by atoms with E-state index in [0.717, 1.165) is 22.9 Å². The first-order valence-electron chi connectivity index (χ1n) is 9.76. The summed E-state index contributed by atoms with van der Waals surface area (Å²) in [6.07, 6.45) is 5.87. The minimum Gasteiger partial charge on any atom is -0.317 e. The highest BCUT2D eigenvalue weighted by atomic mass is 79.9. The Morgan fingerprint density at radius 1 is 0.926 bits per heavy atom. The molecule has 0 saturated heterocycles. The maximum atomic E-state index is 12.4. The largest absolute Gasteiger partial charge is 0.317 e. The Morgan fingerprint density at radius 3 is 2.19 bits per heavy atom. The molecule has 0 saturated carbocycles. The molecule has 0 amide bonds. The van der Waals surface area contributed by atoms with Gasteiger partial charge >= 0.3 is 0 Å². The first-order chi connectivity index (χ1) is 13.0. The highest BCUT2D eigenvalue weighted by molar-refractivity contribution is 9.10. The number of aryl methyl sites for hydroxylation is 2. The van der Waals surface area contributed by atoms with E-state index in [-0.39, 0.29) is 5.75 Å². The Balaban J connectivity index is 0.000000321. The van der Waals surface area contributed by atoms with Crippen molar-refractivity contribution in [3.8, 4) is 0 Å². The average molecular weight is 452 g/mol. The molecule has 1 aliphatic carbocycles. The lowest BCUT2D eigenvalue weighted by Crippen LogP contribution is -2.14. The van der Waals surface area contributed by atoms with Gasteiger partial charge in [-0.2, -0.15) is 0 Å². The van der Waals surface area contributed by atoms with Gasteiger partial charge in [-0.15, -0.1) is 0 Å². The molecule has 0 heterocycles. The van der Waals surface area contributed by atoms with Gasteiger partial charge in [0, 0.05) is 4.47 Å². The summed E-state index contributed by atoms with van der Waals surface area (Å²) in [6.45, 7) is 6.72. The fourth-order valence-electron chi connectivity index (χ4n) is 3.14. The van der Waals surface area contributed by atoms with Gasteiger partial charge in [-0.3, -0.25) is 0 Å². The van der Waals surface area contributed by atoms with Gasteiger partial charge in [0.2, 0.25) is 0 Å². The highest BCUT2D eigenvalue weighted by Gasteiger charge is 2.17. The lowest BCUT2D eigenvalue weighted by atomic mass is 10.1. The first kappa shape index (κ1) is 22.1. The van der Waals surface area contributed by atoms with Gasteiger partial charge in [0.25, 0.3) is 0 Å². The predicted molar refractivity (Wildman–Crippen MR) is 117 cm³/mol.